The molecule has 0 aliphatic carbocycles. The Morgan fingerprint density at radius 3 is 2.62 bits per heavy atom. The van der Waals surface area contributed by atoms with Crippen LogP contribution in [0, 0.1) is 5.82 Å². The van der Waals surface area contributed by atoms with E-state index in [1.54, 1.807) is 12.1 Å². The summed E-state index contributed by atoms with van der Waals surface area (Å²) in [6.07, 6.45) is 0. The molecule has 0 fully saturated rings. The summed E-state index contributed by atoms with van der Waals surface area (Å²) in [5.74, 6) is -1.29. The third-order valence-corrected chi connectivity index (χ3v) is 3.26. The van der Waals surface area contributed by atoms with E-state index in [1.165, 1.54) is 24.3 Å². The van der Waals surface area contributed by atoms with Gasteiger partial charge in [-0.2, -0.15) is 0 Å². The number of rotatable bonds is 5. The Bertz CT molecular complexity index is 658. The number of carboxylic acid groups (broad SMARTS) is 1. The molecule has 110 valence electrons. The number of nitrogens with zero attached hydrogens (tertiary/aromatic N) is 1. The third kappa shape index (κ3) is 3.51. The highest BCUT2D eigenvalue weighted by Crippen LogP contribution is 2.26. The fraction of sp³-hybridized carbons (Fsp3) is 0.188. The van der Waals surface area contributed by atoms with Crippen LogP contribution < -0.4 is 10.6 Å². The number of aromatic carboxylic acids is 1. The molecule has 0 aliphatic rings. The first kappa shape index (κ1) is 14.8. The summed E-state index contributed by atoms with van der Waals surface area (Å²) >= 11 is 0. The van der Waals surface area contributed by atoms with Crippen LogP contribution in [-0.2, 0) is 6.54 Å². The summed E-state index contributed by atoms with van der Waals surface area (Å²) in [7, 11) is 0. The predicted molar refractivity (Wildman–Crippen MR) is 80.9 cm³/mol. The number of benzene rings is 2. The molecule has 0 aliphatic heterocycles. The SMILES string of the molecule is CCN(Cc1cccc(F)c1)c1ccc(C(=O)O)cc1N. The Kier molecular flexibility index (Phi) is 4.42. The highest BCUT2D eigenvalue weighted by Gasteiger charge is 2.12. The van der Waals surface area contributed by atoms with Gasteiger partial charge in [0.05, 0.1) is 16.9 Å². The first-order valence-electron chi connectivity index (χ1n) is 6.63. The van der Waals surface area contributed by atoms with Gasteiger partial charge in [-0.3, -0.25) is 0 Å². The second-order valence-corrected chi connectivity index (χ2v) is 4.72. The van der Waals surface area contributed by atoms with Gasteiger partial charge in [-0.15, -0.1) is 0 Å². The summed E-state index contributed by atoms with van der Waals surface area (Å²) in [4.78, 5) is 12.9. The Balaban J connectivity index is 2.27. The van der Waals surface area contributed by atoms with Gasteiger partial charge in [0.2, 0.25) is 0 Å². The minimum atomic E-state index is -1.01. The lowest BCUT2D eigenvalue weighted by atomic mass is 10.1. The van der Waals surface area contributed by atoms with E-state index in [9.17, 15) is 9.18 Å². The highest BCUT2D eigenvalue weighted by atomic mass is 19.1. The molecule has 0 heterocycles. The molecule has 21 heavy (non-hydrogen) atoms. The van der Waals surface area contributed by atoms with Crippen LogP contribution in [0.15, 0.2) is 42.5 Å². The summed E-state index contributed by atoms with van der Waals surface area (Å²) in [5.41, 5.74) is 8.06. The van der Waals surface area contributed by atoms with Crippen LogP contribution in [0.1, 0.15) is 22.8 Å². The van der Waals surface area contributed by atoms with Crippen molar-refractivity contribution >= 4 is 17.3 Å². The van der Waals surface area contributed by atoms with Crippen molar-refractivity contribution in [2.75, 3.05) is 17.2 Å². The van der Waals surface area contributed by atoms with Crippen molar-refractivity contribution in [1.82, 2.24) is 0 Å². The normalized spacial score (nSPS) is 10.4. The Hall–Kier alpha value is -2.56. The summed E-state index contributed by atoms with van der Waals surface area (Å²) in [6, 6.07) is 11.0. The molecule has 3 N–H and O–H groups in total. The van der Waals surface area contributed by atoms with Crippen molar-refractivity contribution < 1.29 is 14.3 Å². The lowest BCUT2D eigenvalue weighted by molar-refractivity contribution is 0.0697. The zero-order valence-electron chi connectivity index (χ0n) is 11.7. The number of anilines is 2. The van der Waals surface area contributed by atoms with Crippen LogP contribution in [-0.4, -0.2) is 17.6 Å². The zero-order chi connectivity index (χ0) is 15.4. The Morgan fingerprint density at radius 1 is 1.29 bits per heavy atom. The van der Waals surface area contributed by atoms with E-state index in [-0.39, 0.29) is 11.4 Å². The van der Waals surface area contributed by atoms with Gasteiger partial charge in [-0.05, 0) is 42.8 Å². The van der Waals surface area contributed by atoms with Gasteiger partial charge in [-0.1, -0.05) is 12.1 Å². The number of hydrogen-bond acceptors (Lipinski definition) is 3. The molecule has 4 nitrogen and oxygen atoms in total. The van der Waals surface area contributed by atoms with Crippen LogP contribution in [0.4, 0.5) is 15.8 Å². The largest absolute Gasteiger partial charge is 0.478 e. The molecular formula is C16H17FN2O2. The molecule has 0 aromatic heterocycles. The fourth-order valence-electron chi connectivity index (χ4n) is 2.20. The number of nitrogens with two attached hydrogens (primary N) is 1. The second kappa shape index (κ2) is 6.26. The third-order valence-electron chi connectivity index (χ3n) is 3.26. The number of carbonyl (C=O) groups is 1. The van der Waals surface area contributed by atoms with Crippen LogP contribution in [0.5, 0.6) is 0 Å². The first-order chi connectivity index (χ1) is 10.0. The van der Waals surface area contributed by atoms with E-state index >= 15 is 0 Å². The average molecular weight is 288 g/mol. The minimum Gasteiger partial charge on any atom is -0.478 e. The summed E-state index contributed by atoms with van der Waals surface area (Å²) < 4.78 is 13.2. The molecule has 0 saturated carbocycles. The maximum absolute atomic E-state index is 13.2. The maximum atomic E-state index is 13.2. The second-order valence-electron chi connectivity index (χ2n) is 4.72. The molecule has 0 bridgehead atoms. The molecule has 0 saturated heterocycles. The quantitative estimate of drug-likeness (QED) is 0.829. The summed E-state index contributed by atoms with van der Waals surface area (Å²) in [5, 5.41) is 8.95. The lowest BCUT2D eigenvalue weighted by Gasteiger charge is -2.25. The van der Waals surface area contributed by atoms with Crippen molar-refractivity contribution in [2.45, 2.75) is 13.5 Å². The van der Waals surface area contributed by atoms with E-state index < -0.39 is 5.97 Å². The van der Waals surface area contributed by atoms with E-state index in [0.717, 1.165) is 11.3 Å². The van der Waals surface area contributed by atoms with Gasteiger partial charge in [-0.25, -0.2) is 9.18 Å². The molecule has 0 unspecified atom stereocenters. The molecular weight excluding hydrogens is 271 g/mol. The molecule has 5 heteroatoms. The standard InChI is InChI=1S/C16H17FN2O2/c1-2-19(10-11-4-3-5-13(17)8-11)15-7-6-12(16(20)21)9-14(15)18/h3-9H,2,10,18H2,1H3,(H,20,21). The van der Waals surface area contributed by atoms with E-state index in [0.29, 0.717) is 18.8 Å². The predicted octanol–water partition coefficient (Wildman–Crippen LogP) is 3.13. The van der Waals surface area contributed by atoms with Gasteiger partial charge in [0, 0.05) is 13.1 Å². The van der Waals surface area contributed by atoms with E-state index in [4.69, 9.17) is 10.8 Å². The molecule has 0 spiro atoms. The van der Waals surface area contributed by atoms with E-state index in [2.05, 4.69) is 0 Å². The molecule has 2 rings (SSSR count). The minimum absolute atomic E-state index is 0.151. The van der Waals surface area contributed by atoms with Gasteiger partial charge in [0.15, 0.2) is 0 Å². The average Bonchev–Trinajstić information content (AvgIpc) is 2.45. The van der Waals surface area contributed by atoms with Gasteiger partial charge in [0.1, 0.15) is 5.82 Å². The van der Waals surface area contributed by atoms with Crippen molar-refractivity contribution in [1.29, 1.82) is 0 Å². The number of nitrogen functional groups attached to an aromatic ring is 1. The van der Waals surface area contributed by atoms with Gasteiger partial charge in [0.25, 0.3) is 0 Å². The molecule has 0 atom stereocenters. The van der Waals surface area contributed by atoms with Crippen LogP contribution in [0.3, 0.4) is 0 Å². The smallest absolute Gasteiger partial charge is 0.335 e. The maximum Gasteiger partial charge on any atom is 0.335 e. The molecule has 2 aromatic rings. The van der Waals surface area contributed by atoms with Crippen molar-refractivity contribution in [2.24, 2.45) is 0 Å². The van der Waals surface area contributed by atoms with Crippen molar-refractivity contribution in [3.8, 4) is 0 Å². The fourth-order valence-corrected chi connectivity index (χ4v) is 2.20. The summed E-state index contributed by atoms with van der Waals surface area (Å²) in [6.45, 7) is 3.14. The Labute approximate surface area is 122 Å². The number of hydrogen-bond donors (Lipinski definition) is 2. The number of halogens is 1. The monoisotopic (exact) mass is 288 g/mol. The van der Waals surface area contributed by atoms with Gasteiger partial charge < -0.3 is 15.7 Å². The Morgan fingerprint density at radius 2 is 2.05 bits per heavy atom. The topological polar surface area (TPSA) is 66.6 Å². The van der Waals surface area contributed by atoms with E-state index in [1.807, 2.05) is 17.9 Å². The van der Waals surface area contributed by atoms with Crippen molar-refractivity contribution in [3.63, 3.8) is 0 Å². The molecule has 0 radical (unpaired) electrons. The molecule has 2 aromatic carbocycles. The van der Waals surface area contributed by atoms with Crippen LogP contribution in [0.2, 0.25) is 0 Å². The lowest BCUT2D eigenvalue weighted by Crippen LogP contribution is -2.23. The van der Waals surface area contributed by atoms with Crippen molar-refractivity contribution in [3.05, 3.63) is 59.4 Å². The van der Waals surface area contributed by atoms with Crippen LogP contribution >= 0.6 is 0 Å². The first-order valence-corrected chi connectivity index (χ1v) is 6.63. The number of carboxylic acids is 1. The highest BCUT2D eigenvalue weighted by molar-refractivity contribution is 5.90. The van der Waals surface area contributed by atoms with Gasteiger partial charge >= 0.3 is 5.97 Å². The zero-order valence-corrected chi connectivity index (χ0v) is 11.7. The van der Waals surface area contributed by atoms with Crippen LogP contribution in [0.25, 0.3) is 0 Å². The molecule has 0 amide bonds.